The van der Waals surface area contributed by atoms with Crippen molar-refractivity contribution in [3.63, 3.8) is 0 Å². The average Bonchev–Trinajstić information content (AvgIpc) is 3.12. The zero-order valence-electron chi connectivity index (χ0n) is 19.9. The molecule has 2 aromatic carbocycles. The molecule has 0 saturated carbocycles. The van der Waals surface area contributed by atoms with Crippen molar-refractivity contribution in [1.82, 2.24) is 20.4 Å². The second kappa shape index (κ2) is 14.7. The number of ether oxygens (including phenoxy) is 1. The minimum Gasteiger partial charge on any atom is -0.372 e. The highest BCUT2D eigenvalue weighted by atomic mass is 127. The quantitative estimate of drug-likeness (QED) is 0.150. The van der Waals surface area contributed by atoms with E-state index < -0.39 is 0 Å². The van der Waals surface area contributed by atoms with Crippen LogP contribution in [0.3, 0.4) is 0 Å². The molecule has 178 valence electrons. The van der Waals surface area contributed by atoms with Gasteiger partial charge in [-0.1, -0.05) is 54.6 Å². The number of nitrogens with zero attached hydrogens (tertiary/aromatic N) is 3. The van der Waals surface area contributed by atoms with E-state index in [1.165, 1.54) is 16.8 Å². The molecule has 0 spiro atoms. The summed E-state index contributed by atoms with van der Waals surface area (Å²) in [7, 11) is 0. The van der Waals surface area contributed by atoms with Gasteiger partial charge in [-0.3, -0.25) is 4.68 Å². The van der Waals surface area contributed by atoms with Gasteiger partial charge >= 0.3 is 0 Å². The number of aryl methyl sites for hydroxylation is 3. The fourth-order valence-electron chi connectivity index (χ4n) is 3.53. The van der Waals surface area contributed by atoms with Gasteiger partial charge in [0, 0.05) is 25.3 Å². The van der Waals surface area contributed by atoms with Crippen LogP contribution in [0.25, 0.3) is 0 Å². The fourth-order valence-corrected chi connectivity index (χ4v) is 3.53. The number of nitrogens with one attached hydrogen (secondary N) is 2. The van der Waals surface area contributed by atoms with E-state index in [9.17, 15) is 0 Å². The maximum Gasteiger partial charge on any atom is 0.191 e. The van der Waals surface area contributed by atoms with Crippen molar-refractivity contribution in [2.45, 2.75) is 53.5 Å². The van der Waals surface area contributed by atoms with Gasteiger partial charge in [0.1, 0.15) is 0 Å². The Morgan fingerprint density at radius 2 is 1.67 bits per heavy atom. The molecule has 0 amide bonds. The second-order valence-corrected chi connectivity index (χ2v) is 7.92. The molecule has 1 heterocycles. The van der Waals surface area contributed by atoms with Crippen LogP contribution >= 0.6 is 24.0 Å². The Balaban J connectivity index is 0.00000385. The molecule has 3 rings (SSSR count). The molecule has 0 saturated heterocycles. The highest BCUT2D eigenvalue weighted by Crippen LogP contribution is 2.10. The summed E-state index contributed by atoms with van der Waals surface area (Å²) in [5.74, 6) is 0.839. The standard InChI is InChI=1S/C26H35N5O.HI/c1-4-27-26(28-14-9-15-31-22(3)16-21(2)30-31)29-18-24-12-8-13-25(17-24)20-32-19-23-10-6-5-7-11-23;/h5-8,10-13,16-17H,4,9,14-15,18-20H2,1-3H3,(H2,27,28,29);1H. The lowest BCUT2D eigenvalue weighted by Gasteiger charge is -2.12. The Bertz CT molecular complexity index is 987. The highest BCUT2D eigenvalue weighted by Gasteiger charge is 2.02. The molecular formula is C26H36IN5O. The number of hydrogen-bond donors (Lipinski definition) is 2. The maximum atomic E-state index is 5.87. The molecule has 0 aliphatic carbocycles. The Morgan fingerprint density at radius 1 is 0.939 bits per heavy atom. The summed E-state index contributed by atoms with van der Waals surface area (Å²) in [4.78, 5) is 4.75. The molecule has 0 aliphatic heterocycles. The first-order valence-electron chi connectivity index (χ1n) is 11.4. The van der Waals surface area contributed by atoms with Crippen molar-refractivity contribution in [3.8, 4) is 0 Å². The van der Waals surface area contributed by atoms with Gasteiger partial charge < -0.3 is 15.4 Å². The molecule has 0 radical (unpaired) electrons. The normalized spacial score (nSPS) is 11.2. The number of aliphatic imine (C=N–C) groups is 1. The van der Waals surface area contributed by atoms with Crippen LogP contribution in [0.4, 0.5) is 0 Å². The van der Waals surface area contributed by atoms with Crippen LogP contribution in [0.1, 0.15) is 41.4 Å². The van der Waals surface area contributed by atoms with Crippen LogP contribution in [0, 0.1) is 13.8 Å². The first kappa shape index (κ1) is 26.9. The number of hydrogen-bond acceptors (Lipinski definition) is 3. The number of guanidine groups is 1. The number of rotatable bonds is 11. The number of benzene rings is 2. The van der Waals surface area contributed by atoms with Crippen molar-refractivity contribution < 1.29 is 4.74 Å². The van der Waals surface area contributed by atoms with Crippen molar-refractivity contribution in [2.24, 2.45) is 4.99 Å². The van der Waals surface area contributed by atoms with Crippen LogP contribution in [0.2, 0.25) is 0 Å². The Labute approximate surface area is 214 Å². The first-order chi connectivity index (χ1) is 15.6. The molecule has 0 unspecified atom stereocenters. The summed E-state index contributed by atoms with van der Waals surface area (Å²) in [6, 6.07) is 20.8. The van der Waals surface area contributed by atoms with Crippen LogP contribution in [0.15, 0.2) is 65.7 Å². The second-order valence-electron chi connectivity index (χ2n) is 7.92. The van der Waals surface area contributed by atoms with Gasteiger partial charge in [-0.25, -0.2) is 4.99 Å². The van der Waals surface area contributed by atoms with Crippen molar-refractivity contribution >= 4 is 29.9 Å². The predicted octanol–water partition coefficient (Wildman–Crippen LogP) is 4.98. The third-order valence-electron chi connectivity index (χ3n) is 5.08. The number of halogens is 1. The molecule has 0 bridgehead atoms. The van der Waals surface area contributed by atoms with E-state index in [1.54, 1.807) is 0 Å². The van der Waals surface area contributed by atoms with Gasteiger partial charge in [0.25, 0.3) is 0 Å². The smallest absolute Gasteiger partial charge is 0.191 e. The maximum absolute atomic E-state index is 5.87. The van der Waals surface area contributed by atoms with Crippen LogP contribution in [0.5, 0.6) is 0 Å². The third-order valence-corrected chi connectivity index (χ3v) is 5.08. The molecule has 0 atom stereocenters. The van der Waals surface area contributed by atoms with Crippen LogP contribution in [-0.4, -0.2) is 28.8 Å². The SMILES string of the molecule is CCNC(=NCc1cccc(COCc2ccccc2)c1)NCCCn1nc(C)cc1C.I. The Kier molecular flexibility index (Phi) is 12.0. The lowest BCUT2D eigenvalue weighted by atomic mass is 10.1. The van der Waals surface area contributed by atoms with E-state index in [0.717, 1.165) is 43.3 Å². The molecule has 3 aromatic rings. The van der Waals surface area contributed by atoms with E-state index in [4.69, 9.17) is 9.73 Å². The zero-order valence-corrected chi connectivity index (χ0v) is 22.2. The third kappa shape index (κ3) is 9.55. The van der Waals surface area contributed by atoms with Gasteiger partial charge in [-0.15, -0.1) is 24.0 Å². The minimum atomic E-state index is 0. The summed E-state index contributed by atoms with van der Waals surface area (Å²) in [5, 5.41) is 11.3. The Hall–Kier alpha value is -2.39. The highest BCUT2D eigenvalue weighted by molar-refractivity contribution is 14.0. The fraction of sp³-hybridized carbons (Fsp3) is 0.385. The monoisotopic (exact) mass is 561 g/mol. The van der Waals surface area contributed by atoms with Crippen LogP contribution < -0.4 is 10.6 Å². The Morgan fingerprint density at radius 3 is 2.39 bits per heavy atom. The molecular weight excluding hydrogens is 525 g/mol. The topological polar surface area (TPSA) is 63.5 Å². The molecule has 6 nitrogen and oxygen atoms in total. The molecule has 0 fully saturated rings. The van der Waals surface area contributed by atoms with E-state index in [1.807, 2.05) is 25.1 Å². The van der Waals surface area contributed by atoms with Gasteiger partial charge in [0.2, 0.25) is 0 Å². The number of aromatic nitrogens is 2. The minimum absolute atomic E-state index is 0. The molecule has 1 aromatic heterocycles. The van der Waals surface area contributed by atoms with Gasteiger partial charge in [0.05, 0.1) is 25.5 Å². The summed E-state index contributed by atoms with van der Waals surface area (Å²) >= 11 is 0. The van der Waals surface area contributed by atoms with E-state index in [0.29, 0.717) is 19.8 Å². The lowest BCUT2D eigenvalue weighted by Crippen LogP contribution is -2.38. The van der Waals surface area contributed by atoms with Crippen molar-refractivity contribution in [2.75, 3.05) is 13.1 Å². The van der Waals surface area contributed by atoms with Gasteiger partial charge in [-0.2, -0.15) is 5.10 Å². The van der Waals surface area contributed by atoms with Gasteiger partial charge in [-0.05, 0) is 49.9 Å². The average molecular weight is 562 g/mol. The van der Waals surface area contributed by atoms with Crippen molar-refractivity contribution in [1.29, 1.82) is 0 Å². The molecule has 7 heteroatoms. The summed E-state index contributed by atoms with van der Waals surface area (Å²) in [6.45, 7) is 10.6. The van der Waals surface area contributed by atoms with Crippen molar-refractivity contribution in [3.05, 3.63) is 88.7 Å². The molecule has 0 aliphatic rings. The molecule has 33 heavy (non-hydrogen) atoms. The summed E-state index contributed by atoms with van der Waals surface area (Å²) < 4.78 is 7.93. The van der Waals surface area contributed by atoms with E-state index >= 15 is 0 Å². The summed E-state index contributed by atoms with van der Waals surface area (Å²) in [6.07, 6.45) is 0.987. The predicted molar refractivity (Wildman–Crippen MR) is 146 cm³/mol. The van der Waals surface area contributed by atoms with E-state index in [-0.39, 0.29) is 24.0 Å². The zero-order chi connectivity index (χ0) is 22.6. The largest absolute Gasteiger partial charge is 0.372 e. The van der Waals surface area contributed by atoms with Gasteiger partial charge in [0.15, 0.2) is 5.96 Å². The van der Waals surface area contributed by atoms with E-state index in [2.05, 4.69) is 76.7 Å². The summed E-state index contributed by atoms with van der Waals surface area (Å²) in [5.41, 5.74) is 5.79. The lowest BCUT2D eigenvalue weighted by molar-refractivity contribution is 0.107. The van der Waals surface area contributed by atoms with Crippen LogP contribution in [-0.2, 0) is 31.0 Å². The molecule has 2 N–H and O–H groups in total. The first-order valence-corrected chi connectivity index (χ1v) is 11.4.